The Morgan fingerprint density at radius 3 is 2.65 bits per heavy atom. The number of amides is 1. The molecule has 2 aromatic rings. The summed E-state index contributed by atoms with van der Waals surface area (Å²) in [6.07, 6.45) is 1.39. The van der Waals surface area contributed by atoms with E-state index in [0.29, 0.717) is 22.7 Å². The first kappa shape index (κ1) is 14.6. The van der Waals surface area contributed by atoms with E-state index in [-0.39, 0.29) is 18.2 Å². The molecule has 5 nitrogen and oxygen atoms in total. The van der Waals surface area contributed by atoms with E-state index >= 15 is 0 Å². The number of carbonyl (C=O) groups is 1. The van der Waals surface area contributed by atoms with Gasteiger partial charge in [-0.15, -0.1) is 0 Å². The molecule has 1 N–H and O–H groups in total. The minimum atomic E-state index is -0.560. The fraction of sp³-hybridized carbons (Fsp3) is 0.0588. The Hall–Kier alpha value is -3.33. The molecule has 0 atom stereocenters. The van der Waals surface area contributed by atoms with Crippen LogP contribution in [0.2, 0.25) is 0 Å². The number of halogens is 1. The van der Waals surface area contributed by atoms with E-state index < -0.39 is 5.91 Å². The van der Waals surface area contributed by atoms with Crippen LogP contribution >= 0.6 is 0 Å². The van der Waals surface area contributed by atoms with Crippen LogP contribution in [-0.2, 0) is 4.79 Å². The second-order valence-electron chi connectivity index (χ2n) is 4.74. The minimum absolute atomic E-state index is 0.0886. The molecule has 2 aromatic carbocycles. The summed E-state index contributed by atoms with van der Waals surface area (Å²) >= 11 is 0. The largest absolute Gasteiger partial charge is 0.454 e. The summed E-state index contributed by atoms with van der Waals surface area (Å²) in [7, 11) is 0. The number of benzene rings is 2. The third-order valence-corrected chi connectivity index (χ3v) is 3.18. The van der Waals surface area contributed by atoms with Crippen LogP contribution in [0.5, 0.6) is 11.5 Å². The number of hydrogen-bond donors (Lipinski definition) is 1. The molecular formula is C17H11FN2O3. The average molecular weight is 310 g/mol. The lowest BCUT2D eigenvalue weighted by atomic mass is 10.1. The van der Waals surface area contributed by atoms with E-state index in [9.17, 15) is 9.18 Å². The number of anilines is 1. The summed E-state index contributed by atoms with van der Waals surface area (Å²) in [5.41, 5.74) is 0.956. The summed E-state index contributed by atoms with van der Waals surface area (Å²) in [5, 5.41) is 11.8. The number of fused-ring (bicyclic) bond motifs is 1. The quantitative estimate of drug-likeness (QED) is 0.698. The molecule has 0 spiro atoms. The van der Waals surface area contributed by atoms with Crippen LogP contribution in [0.25, 0.3) is 6.08 Å². The monoisotopic (exact) mass is 310 g/mol. The summed E-state index contributed by atoms with van der Waals surface area (Å²) in [5.74, 6) is 0.190. The van der Waals surface area contributed by atoms with E-state index in [4.69, 9.17) is 14.7 Å². The Labute approximate surface area is 131 Å². The molecule has 0 saturated carbocycles. The highest BCUT2D eigenvalue weighted by molar-refractivity contribution is 6.09. The minimum Gasteiger partial charge on any atom is -0.454 e. The number of carbonyl (C=O) groups excluding carboxylic acids is 1. The number of ether oxygens (including phenoxy) is 2. The van der Waals surface area contributed by atoms with E-state index in [1.807, 2.05) is 6.07 Å². The maximum atomic E-state index is 12.9. The van der Waals surface area contributed by atoms with Crippen molar-refractivity contribution in [3.05, 3.63) is 59.4 Å². The van der Waals surface area contributed by atoms with Crippen LogP contribution < -0.4 is 14.8 Å². The van der Waals surface area contributed by atoms with Crippen LogP contribution in [0.15, 0.2) is 48.0 Å². The van der Waals surface area contributed by atoms with Crippen molar-refractivity contribution in [2.45, 2.75) is 0 Å². The zero-order valence-corrected chi connectivity index (χ0v) is 11.9. The molecule has 0 unspecified atom stereocenters. The van der Waals surface area contributed by atoms with Gasteiger partial charge in [-0.3, -0.25) is 4.79 Å². The predicted molar refractivity (Wildman–Crippen MR) is 81.2 cm³/mol. The molecule has 0 bridgehead atoms. The third kappa shape index (κ3) is 3.30. The number of nitriles is 1. The van der Waals surface area contributed by atoms with Gasteiger partial charge in [-0.2, -0.15) is 5.26 Å². The van der Waals surface area contributed by atoms with Crippen molar-refractivity contribution < 1.29 is 18.7 Å². The van der Waals surface area contributed by atoms with Crippen molar-refractivity contribution in [3.8, 4) is 17.6 Å². The van der Waals surface area contributed by atoms with Crippen LogP contribution in [0.3, 0.4) is 0 Å². The second-order valence-corrected chi connectivity index (χ2v) is 4.74. The Bertz CT molecular complexity index is 823. The lowest BCUT2D eigenvalue weighted by Crippen LogP contribution is -2.13. The summed E-state index contributed by atoms with van der Waals surface area (Å²) < 4.78 is 23.3. The van der Waals surface area contributed by atoms with Gasteiger partial charge in [0.15, 0.2) is 11.5 Å². The summed E-state index contributed by atoms with van der Waals surface area (Å²) in [6, 6.07) is 12.3. The van der Waals surface area contributed by atoms with Crippen LogP contribution in [0.1, 0.15) is 5.56 Å². The second kappa shape index (κ2) is 6.20. The lowest BCUT2D eigenvalue weighted by molar-refractivity contribution is -0.112. The molecular weight excluding hydrogens is 299 g/mol. The molecule has 6 heteroatoms. The Kier molecular flexibility index (Phi) is 3.93. The fourth-order valence-electron chi connectivity index (χ4n) is 2.05. The lowest BCUT2D eigenvalue weighted by Gasteiger charge is -2.05. The highest BCUT2D eigenvalue weighted by Crippen LogP contribution is 2.34. The van der Waals surface area contributed by atoms with Crippen molar-refractivity contribution >= 4 is 17.7 Å². The van der Waals surface area contributed by atoms with Crippen molar-refractivity contribution in [1.82, 2.24) is 0 Å². The maximum Gasteiger partial charge on any atom is 0.266 e. The van der Waals surface area contributed by atoms with Crippen LogP contribution in [0, 0.1) is 17.1 Å². The number of nitrogens with one attached hydrogen (secondary N) is 1. The van der Waals surface area contributed by atoms with Gasteiger partial charge in [0.25, 0.3) is 5.91 Å². The molecule has 114 valence electrons. The normalized spacial score (nSPS) is 12.6. The first-order valence-electron chi connectivity index (χ1n) is 6.74. The van der Waals surface area contributed by atoms with Gasteiger partial charge in [-0.05, 0) is 35.9 Å². The maximum absolute atomic E-state index is 12.9. The van der Waals surface area contributed by atoms with Gasteiger partial charge in [0.1, 0.15) is 17.5 Å². The van der Waals surface area contributed by atoms with Gasteiger partial charge in [0, 0.05) is 11.8 Å². The van der Waals surface area contributed by atoms with Gasteiger partial charge >= 0.3 is 0 Å². The van der Waals surface area contributed by atoms with E-state index in [1.54, 1.807) is 18.2 Å². The highest BCUT2D eigenvalue weighted by atomic mass is 19.1. The molecule has 3 rings (SSSR count). The van der Waals surface area contributed by atoms with Crippen molar-refractivity contribution in [2.75, 3.05) is 12.1 Å². The first-order chi connectivity index (χ1) is 11.2. The Morgan fingerprint density at radius 2 is 1.91 bits per heavy atom. The van der Waals surface area contributed by atoms with E-state index in [1.165, 1.54) is 30.3 Å². The molecule has 0 fully saturated rings. The van der Waals surface area contributed by atoms with Gasteiger partial charge in [0.05, 0.1) is 0 Å². The molecule has 1 aliphatic heterocycles. The molecule has 1 amide bonds. The van der Waals surface area contributed by atoms with Crippen molar-refractivity contribution in [2.24, 2.45) is 0 Å². The SMILES string of the molecule is N#C/C(=C\c1ccc(F)cc1)C(=O)Nc1ccc2c(c1)OCO2. The van der Waals surface area contributed by atoms with Crippen molar-refractivity contribution in [3.63, 3.8) is 0 Å². The molecule has 1 heterocycles. The van der Waals surface area contributed by atoms with Gasteiger partial charge in [-0.1, -0.05) is 12.1 Å². The molecule has 0 saturated heterocycles. The van der Waals surface area contributed by atoms with Crippen LogP contribution in [-0.4, -0.2) is 12.7 Å². The topological polar surface area (TPSA) is 71.4 Å². The molecule has 1 aliphatic rings. The third-order valence-electron chi connectivity index (χ3n) is 3.18. The Morgan fingerprint density at radius 1 is 1.17 bits per heavy atom. The standard InChI is InChI=1S/C17H11FN2O3/c18-13-3-1-11(2-4-13)7-12(9-19)17(21)20-14-5-6-15-16(8-14)23-10-22-15/h1-8H,10H2,(H,20,21)/b12-7+. The number of nitrogens with zero attached hydrogens (tertiary/aromatic N) is 1. The molecule has 0 aliphatic carbocycles. The first-order valence-corrected chi connectivity index (χ1v) is 6.74. The predicted octanol–water partition coefficient (Wildman–Crippen LogP) is 3.10. The van der Waals surface area contributed by atoms with Gasteiger partial charge < -0.3 is 14.8 Å². The molecule has 0 radical (unpaired) electrons. The molecule has 0 aromatic heterocycles. The molecule has 23 heavy (non-hydrogen) atoms. The smallest absolute Gasteiger partial charge is 0.266 e. The zero-order valence-electron chi connectivity index (χ0n) is 11.9. The fourth-order valence-corrected chi connectivity index (χ4v) is 2.05. The van der Waals surface area contributed by atoms with Gasteiger partial charge in [-0.25, -0.2) is 4.39 Å². The van der Waals surface area contributed by atoms with Gasteiger partial charge in [0.2, 0.25) is 6.79 Å². The average Bonchev–Trinajstić information content (AvgIpc) is 3.02. The van der Waals surface area contributed by atoms with E-state index in [0.717, 1.165) is 0 Å². The van der Waals surface area contributed by atoms with Crippen LogP contribution in [0.4, 0.5) is 10.1 Å². The van der Waals surface area contributed by atoms with E-state index in [2.05, 4.69) is 5.32 Å². The number of rotatable bonds is 3. The highest BCUT2D eigenvalue weighted by Gasteiger charge is 2.15. The van der Waals surface area contributed by atoms with Crippen molar-refractivity contribution in [1.29, 1.82) is 5.26 Å². The summed E-state index contributed by atoms with van der Waals surface area (Å²) in [4.78, 5) is 12.2. The zero-order chi connectivity index (χ0) is 16.2. The number of hydrogen-bond acceptors (Lipinski definition) is 4. The summed E-state index contributed by atoms with van der Waals surface area (Å²) in [6.45, 7) is 0.140. The Balaban J connectivity index is 1.78.